The minimum absolute atomic E-state index is 0.143. The molecule has 4 fully saturated rings. The average molecular weight is 799 g/mol. The van der Waals surface area contributed by atoms with Crippen LogP contribution in [0.4, 0.5) is 0 Å². The summed E-state index contributed by atoms with van der Waals surface area (Å²) in [5.74, 6) is 5.14. The number of esters is 1. The second kappa shape index (κ2) is 22.0. The van der Waals surface area contributed by atoms with Crippen molar-refractivity contribution in [3.8, 4) is 0 Å². The molecule has 0 aromatic rings. The van der Waals surface area contributed by atoms with E-state index in [1.54, 1.807) is 0 Å². The molecule has 1 aliphatic heterocycles. The van der Waals surface area contributed by atoms with Crippen LogP contribution in [0.3, 0.4) is 0 Å². The molecule has 7 nitrogen and oxygen atoms in total. The second-order valence-electron chi connectivity index (χ2n) is 20.6. The molecular formula is C50H86O7. The average Bonchev–Trinajstić information content (AvgIpc) is 3.55. The molecule has 4 aliphatic carbocycles. The molecule has 3 unspecified atom stereocenters. The smallest absolute Gasteiger partial charge is 0.305 e. The number of allylic oxidation sites excluding steroid dienone is 3. The molecule has 1 heterocycles. The van der Waals surface area contributed by atoms with Crippen LogP contribution in [0.5, 0.6) is 0 Å². The zero-order valence-corrected chi connectivity index (χ0v) is 37.5. The van der Waals surface area contributed by atoms with Crippen LogP contribution in [-0.2, 0) is 19.0 Å². The SMILES string of the molecule is CCCCCCCC/C=C\CCCCCC(=O)OCC1O[C@@H](O[C@H]2CC[C@@]3(C)C(=CC[C@H]4[C@@H]5CC[C@H]([C@H](C)CC[C@@H](C)C(C)C)[C@@]5(C)CC[C@@H]43)C2)C(O)C(O)[C@@H]1O. The van der Waals surface area contributed by atoms with E-state index >= 15 is 0 Å². The van der Waals surface area contributed by atoms with Crippen molar-refractivity contribution in [3.63, 3.8) is 0 Å². The Morgan fingerprint density at radius 3 is 2.26 bits per heavy atom. The fourth-order valence-electron chi connectivity index (χ4n) is 12.4. The van der Waals surface area contributed by atoms with Gasteiger partial charge in [-0.3, -0.25) is 4.79 Å². The number of aliphatic hydroxyl groups is 3. The molecule has 57 heavy (non-hydrogen) atoms. The Bertz CT molecular complexity index is 1280. The third-order valence-electron chi connectivity index (χ3n) is 16.6. The Labute approximate surface area is 348 Å². The van der Waals surface area contributed by atoms with Gasteiger partial charge in [0, 0.05) is 6.42 Å². The zero-order chi connectivity index (χ0) is 41.2. The van der Waals surface area contributed by atoms with Gasteiger partial charge in [-0.1, -0.05) is 124 Å². The lowest BCUT2D eigenvalue weighted by atomic mass is 9.47. The number of ether oxygens (including phenoxy) is 3. The van der Waals surface area contributed by atoms with Gasteiger partial charge in [0.25, 0.3) is 0 Å². The summed E-state index contributed by atoms with van der Waals surface area (Å²) in [6, 6.07) is 0. The Kier molecular flexibility index (Phi) is 18.1. The number of fused-ring (bicyclic) bond motifs is 5. The highest BCUT2D eigenvalue weighted by molar-refractivity contribution is 5.69. The maximum atomic E-state index is 12.6. The molecule has 14 atom stereocenters. The van der Waals surface area contributed by atoms with E-state index < -0.39 is 30.7 Å². The Morgan fingerprint density at radius 1 is 0.842 bits per heavy atom. The number of rotatable bonds is 22. The van der Waals surface area contributed by atoms with Crippen molar-refractivity contribution in [3.05, 3.63) is 23.8 Å². The van der Waals surface area contributed by atoms with Crippen molar-refractivity contribution < 1.29 is 34.3 Å². The molecule has 1 saturated heterocycles. The summed E-state index contributed by atoms with van der Waals surface area (Å²) in [6.07, 6.45) is 25.9. The normalized spacial score (nSPS) is 37.7. The van der Waals surface area contributed by atoms with Crippen molar-refractivity contribution in [2.24, 2.45) is 52.3 Å². The molecule has 5 aliphatic rings. The molecule has 0 aromatic carbocycles. The molecule has 0 aromatic heterocycles. The van der Waals surface area contributed by atoms with E-state index in [1.165, 1.54) is 82.6 Å². The first-order valence-corrected chi connectivity index (χ1v) is 24.1. The van der Waals surface area contributed by atoms with Crippen molar-refractivity contribution in [2.45, 2.75) is 227 Å². The lowest BCUT2D eigenvalue weighted by Gasteiger charge is -2.58. The predicted octanol–water partition coefficient (Wildman–Crippen LogP) is 11.3. The molecule has 0 amide bonds. The second-order valence-corrected chi connectivity index (χ2v) is 20.6. The molecule has 0 bridgehead atoms. The van der Waals surface area contributed by atoms with Crippen molar-refractivity contribution in [2.75, 3.05) is 6.61 Å². The van der Waals surface area contributed by atoms with Crippen LogP contribution in [0.25, 0.3) is 0 Å². The number of hydrogen-bond donors (Lipinski definition) is 3. The number of carbonyl (C=O) groups is 1. The molecule has 3 saturated carbocycles. The van der Waals surface area contributed by atoms with Gasteiger partial charge in [-0.05, 0) is 136 Å². The van der Waals surface area contributed by atoms with Gasteiger partial charge in [-0.15, -0.1) is 0 Å². The summed E-state index contributed by atoms with van der Waals surface area (Å²) in [5, 5.41) is 32.5. The number of hydrogen-bond acceptors (Lipinski definition) is 7. The van der Waals surface area contributed by atoms with Crippen LogP contribution in [0.1, 0.15) is 190 Å². The van der Waals surface area contributed by atoms with E-state index in [9.17, 15) is 20.1 Å². The van der Waals surface area contributed by atoms with Gasteiger partial charge in [-0.25, -0.2) is 0 Å². The fraction of sp³-hybridized carbons (Fsp3) is 0.900. The lowest BCUT2D eigenvalue weighted by Crippen LogP contribution is -2.60. The van der Waals surface area contributed by atoms with E-state index in [-0.39, 0.29) is 24.1 Å². The molecule has 328 valence electrons. The summed E-state index contributed by atoms with van der Waals surface area (Å²) in [6.45, 7) is 17.0. The van der Waals surface area contributed by atoms with E-state index in [1.807, 2.05) is 0 Å². The molecule has 7 heteroatoms. The molecule has 5 rings (SSSR count). The van der Waals surface area contributed by atoms with Gasteiger partial charge >= 0.3 is 5.97 Å². The van der Waals surface area contributed by atoms with Crippen LogP contribution in [0.15, 0.2) is 23.8 Å². The third-order valence-corrected chi connectivity index (χ3v) is 16.6. The highest BCUT2D eigenvalue weighted by atomic mass is 16.7. The predicted molar refractivity (Wildman–Crippen MR) is 230 cm³/mol. The van der Waals surface area contributed by atoms with Crippen LogP contribution in [0, 0.1) is 52.3 Å². The topological polar surface area (TPSA) is 105 Å². The van der Waals surface area contributed by atoms with E-state index in [2.05, 4.69) is 66.7 Å². The van der Waals surface area contributed by atoms with Gasteiger partial charge < -0.3 is 29.5 Å². The first-order chi connectivity index (χ1) is 27.3. The summed E-state index contributed by atoms with van der Waals surface area (Å²) < 4.78 is 18.0. The molecule has 3 N–H and O–H groups in total. The largest absolute Gasteiger partial charge is 0.463 e. The van der Waals surface area contributed by atoms with Crippen LogP contribution in [-0.4, -0.2) is 64.7 Å². The van der Waals surface area contributed by atoms with Crippen molar-refractivity contribution >= 4 is 5.97 Å². The number of unbranched alkanes of at least 4 members (excludes halogenated alkanes) is 9. The van der Waals surface area contributed by atoms with Gasteiger partial charge in [0.2, 0.25) is 0 Å². The first kappa shape index (κ1) is 46.8. The quantitative estimate of drug-likeness (QED) is 0.0569. The van der Waals surface area contributed by atoms with E-state index in [4.69, 9.17) is 14.2 Å². The van der Waals surface area contributed by atoms with Crippen LogP contribution >= 0.6 is 0 Å². The Balaban J connectivity index is 1.05. The maximum absolute atomic E-state index is 12.6. The number of carbonyl (C=O) groups excluding carboxylic acids is 1. The molecule has 0 spiro atoms. The highest BCUT2D eigenvalue weighted by Crippen LogP contribution is 2.67. The lowest BCUT2D eigenvalue weighted by molar-refractivity contribution is -0.313. The van der Waals surface area contributed by atoms with Crippen LogP contribution < -0.4 is 0 Å². The fourth-order valence-corrected chi connectivity index (χ4v) is 12.4. The monoisotopic (exact) mass is 799 g/mol. The summed E-state index contributed by atoms with van der Waals surface area (Å²) in [5.41, 5.74) is 2.12. The Hall–Kier alpha value is -1.25. The zero-order valence-electron chi connectivity index (χ0n) is 37.5. The third kappa shape index (κ3) is 11.8. The minimum atomic E-state index is -1.45. The van der Waals surface area contributed by atoms with Gasteiger partial charge in [0.1, 0.15) is 31.0 Å². The van der Waals surface area contributed by atoms with Gasteiger partial charge in [0.15, 0.2) is 6.29 Å². The maximum Gasteiger partial charge on any atom is 0.305 e. The Morgan fingerprint density at radius 2 is 1.54 bits per heavy atom. The van der Waals surface area contributed by atoms with E-state index in [0.717, 1.165) is 93.3 Å². The van der Waals surface area contributed by atoms with Crippen LogP contribution in [0.2, 0.25) is 0 Å². The van der Waals surface area contributed by atoms with Crippen molar-refractivity contribution in [1.82, 2.24) is 0 Å². The standard InChI is InChI=1S/C50H86O7/c1-8-9-10-11-12-13-14-15-16-17-18-19-20-21-44(51)55-33-43-45(52)46(53)47(54)48(57-43)56-38-28-30-49(6)37(32-38)24-25-39-41-27-26-40(50(41,7)31-29-42(39)49)36(5)23-22-35(4)34(2)3/h15-16,24,34-36,38-43,45-48,52-54H,8-14,17-23,25-33H2,1-7H3/b16-15-/t35-,36-,38+,39+,40-,41+,42+,43?,45-,46?,47?,48-,49+,50-/m1/s1. The van der Waals surface area contributed by atoms with Gasteiger partial charge in [0.05, 0.1) is 6.10 Å². The van der Waals surface area contributed by atoms with E-state index in [0.29, 0.717) is 17.8 Å². The summed E-state index contributed by atoms with van der Waals surface area (Å²) in [4.78, 5) is 12.6. The summed E-state index contributed by atoms with van der Waals surface area (Å²) >= 11 is 0. The van der Waals surface area contributed by atoms with Crippen molar-refractivity contribution in [1.29, 1.82) is 0 Å². The highest BCUT2D eigenvalue weighted by Gasteiger charge is 2.59. The minimum Gasteiger partial charge on any atom is -0.463 e. The number of aliphatic hydroxyl groups excluding tert-OH is 3. The summed E-state index contributed by atoms with van der Waals surface area (Å²) in [7, 11) is 0. The molecular weight excluding hydrogens is 713 g/mol. The van der Waals surface area contributed by atoms with Gasteiger partial charge in [-0.2, -0.15) is 0 Å². The molecule has 0 radical (unpaired) electrons. The first-order valence-electron chi connectivity index (χ1n) is 24.1.